The molecule has 0 aliphatic carbocycles. The number of esters is 1. The number of hydrogen-bond acceptors (Lipinski definition) is 4. The number of benzene rings is 4. The Kier molecular flexibility index (Phi) is 7.64. The van der Waals surface area contributed by atoms with Crippen LogP contribution in [0.25, 0.3) is 10.9 Å². The average Bonchev–Trinajstić information content (AvgIpc) is 3.32. The van der Waals surface area contributed by atoms with E-state index in [1.807, 2.05) is 106 Å². The molecule has 5 rings (SSSR count). The zero-order chi connectivity index (χ0) is 28.2. The lowest BCUT2D eigenvalue weighted by Crippen LogP contribution is -2.43. The lowest BCUT2D eigenvalue weighted by atomic mass is 10.0. The summed E-state index contributed by atoms with van der Waals surface area (Å²) in [6, 6.07) is 30.9. The molecule has 0 saturated heterocycles. The summed E-state index contributed by atoms with van der Waals surface area (Å²) in [5.41, 5.74) is 3.59. The van der Waals surface area contributed by atoms with Gasteiger partial charge in [0.15, 0.2) is 6.10 Å². The third kappa shape index (κ3) is 5.31. The number of hydrogen-bond donors (Lipinski definition) is 1. The van der Waals surface area contributed by atoms with Crippen molar-refractivity contribution in [1.82, 2.24) is 14.7 Å². The molecule has 0 aliphatic rings. The van der Waals surface area contributed by atoms with Crippen LogP contribution in [0.2, 0.25) is 0 Å². The summed E-state index contributed by atoms with van der Waals surface area (Å²) >= 11 is 0. The van der Waals surface area contributed by atoms with Crippen LogP contribution < -0.4 is 5.56 Å². The van der Waals surface area contributed by atoms with E-state index in [1.165, 1.54) is 0 Å². The number of carbonyl (C=O) groups is 2. The van der Waals surface area contributed by atoms with Crippen molar-refractivity contribution in [2.24, 2.45) is 0 Å². The standard InChI is InChI=1S/C33H31N3O4/c1-22(2)35(21-26-18-11-10-13-23(26)3)33(39)36-31(37)27-19-12-20-28(29(27)34-36)32(38)40-30(24-14-6-4-7-15-24)25-16-8-5-9-17-25/h4-20,22,30,34H,21H2,1-3H3. The smallest absolute Gasteiger partial charge is 0.346 e. The number of aromatic amines is 1. The molecule has 0 saturated carbocycles. The SMILES string of the molecule is Cc1ccccc1CN(C(=O)n1[nH]c2c(C(=O)OC(c3ccccc3)c3ccccc3)cccc2c1=O)C(C)C. The molecule has 4 aromatic carbocycles. The lowest BCUT2D eigenvalue weighted by molar-refractivity contribution is 0.0380. The predicted octanol–water partition coefficient (Wildman–Crippen LogP) is 6.46. The van der Waals surface area contributed by atoms with Crippen molar-refractivity contribution in [1.29, 1.82) is 0 Å². The van der Waals surface area contributed by atoms with Gasteiger partial charge in [0.25, 0.3) is 5.56 Å². The molecule has 1 heterocycles. The highest BCUT2D eigenvalue weighted by Crippen LogP contribution is 2.28. The molecule has 0 fully saturated rings. The number of nitrogens with one attached hydrogen (secondary N) is 1. The van der Waals surface area contributed by atoms with Crippen LogP contribution in [-0.4, -0.2) is 32.7 Å². The zero-order valence-electron chi connectivity index (χ0n) is 22.7. The third-order valence-corrected chi connectivity index (χ3v) is 7.03. The number of H-pyrrole nitrogens is 1. The summed E-state index contributed by atoms with van der Waals surface area (Å²) in [7, 11) is 0. The second-order valence-corrected chi connectivity index (χ2v) is 10.0. The monoisotopic (exact) mass is 533 g/mol. The summed E-state index contributed by atoms with van der Waals surface area (Å²) in [6.45, 7) is 6.14. The van der Waals surface area contributed by atoms with Gasteiger partial charge in [0.05, 0.1) is 16.5 Å². The second-order valence-electron chi connectivity index (χ2n) is 10.0. The normalized spacial score (nSPS) is 11.2. The molecule has 1 aromatic heterocycles. The molecule has 0 aliphatic heterocycles. The summed E-state index contributed by atoms with van der Waals surface area (Å²) in [4.78, 5) is 42.3. The first-order valence-corrected chi connectivity index (χ1v) is 13.2. The minimum atomic E-state index is -0.647. The van der Waals surface area contributed by atoms with Crippen molar-refractivity contribution >= 4 is 22.9 Å². The maximum Gasteiger partial charge on any atom is 0.346 e. The van der Waals surface area contributed by atoms with Crippen molar-refractivity contribution in [3.05, 3.63) is 141 Å². The maximum absolute atomic E-state index is 13.7. The van der Waals surface area contributed by atoms with Gasteiger partial charge in [-0.25, -0.2) is 9.59 Å². The number of amides is 1. The molecule has 0 atom stereocenters. The van der Waals surface area contributed by atoms with Gasteiger partial charge in [0.2, 0.25) is 0 Å². The van der Waals surface area contributed by atoms with Crippen LogP contribution in [0.5, 0.6) is 0 Å². The number of aromatic nitrogens is 2. The van der Waals surface area contributed by atoms with Gasteiger partial charge in [-0.1, -0.05) is 91.0 Å². The number of nitrogens with zero attached hydrogens (tertiary/aromatic N) is 2. The number of fused-ring (bicyclic) bond motifs is 1. The topological polar surface area (TPSA) is 84.4 Å². The maximum atomic E-state index is 13.7. The van der Waals surface area contributed by atoms with Crippen LogP contribution in [-0.2, 0) is 11.3 Å². The largest absolute Gasteiger partial charge is 0.449 e. The molecule has 1 N–H and O–H groups in total. The third-order valence-electron chi connectivity index (χ3n) is 7.03. The minimum Gasteiger partial charge on any atom is -0.449 e. The minimum absolute atomic E-state index is 0.174. The van der Waals surface area contributed by atoms with Gasteiger partial charge in [-0.15, -0.1) is 0 Å². The van der Waals surface area contributed by atoms with Gasteiger partial charge in [0.1, 0.15) is 0 Å². The van der Waals surface area contributed by atoms with Gasteiger partial charge in [-0.3, -0.25) is 9.89 Å². The fourth-order valence-corrected chi connectivity index (χ4v) is 4.76. The quantitative estimate of drug-likeness (QED) is 0.243. The molecular formula is C33H31N3O4. The average molecular weight is 534 g/mol. The molecule has 0 unspecified atom stereocenters. The van der Waals surface area contributed by atoms with Crippen LogP contribution in [0.1, 0.15) is 52.6 Å². The number of aryl methyl sites for hydroxylation is 1. The molecule has 5 aromatic rings. The van der Waals surface area contributed by atoms with Crippen molar-refractivity contribution < 1.29 is 14.3 Å². The Bertz CT molecular complexity index is 1670. The molecule has 40 heavy (non-hydrogen) atoms. The first-order valence-electron chi connectivity index (χ1n) is 13.2. The van der Waals surface area contributed by atoms with E-state index in [0.717, 1.165) is 26.9 Å². The zero-order valence-corrected chi connectivity index (χ0v) is 22.7. The number of para-hydroxylation sites is 1. The van der Waals surface area contributed by atoms with Crippen molar-refractivity contribution in [2.45, 2.75) is 39.5 Å². The molecule has 0 spiro atoms. The summed E-state index contributed by atoms with van der Waals surface area (Å²) in [5.74, 6) is -0.607. The summed E-state index contributed by atoms with van der Waals surface area (Å²) in [6.07, 6.45) is -0.647. The highest BCUT2D eigenvalue weighted by Gasteiger charge is 2.26. The second kappa shape index (κ2) is 11.5. The van der Waals surface area contributed by atoms with E-state index in [0.29, 0.717) is 6.54 Å². The Morgan fingerprint density at radius 2 is 1.43 bits per heavy atom. The van der Waals surface area contributed by atoms with Crippen molar-refractivity contribution in [3.8, 4) is 0 Å². The first-order chi connectivity index (χ1) is 19.3. The van der Waals surface area contributed by atoms with E-state index in [9.17, 15) is 14.4 Å². The van der Waals surface area contributed by atoms with Crippen LogP contribution in [0.4, 0.5) is 4.79 Å². The van der Waals surface area contributed by atoms with Gasteiger partial charge in [-0.2, -0.15) is 4.68 Å². The summed E-state index contributed by atoms with van der Waals surface area (Å²) < 4.78 is 7.02. The van der Waals surface area contributed by atoms with Crippen LogP contribution in [0.15, 0.2) is 108 Å². The van der Waals surface area contributed by atoms with Crippen molar-refractivity contribution in [3.63, 3.8) is 0 Å². The Labute approximate surface area is 232 Å². The number of rotatable bonds is 7. The molecule has 0 bridgehead atoms. The molecule has 7 nitrogen and oxygen atoms in total. The van der Waals surface area contributed by atoms with E-state index < -0.39 is 23.7 Å². The first kappa shape index (κ1) is 26.7. The van der Waals surface area contributed by atoms with Crippen LogP contribution >= 0.6 is 0 Å². The van der Waals surface area contributed by atoms with Gasteiger partial charge >= 0.3 is 12.0 Å². The Hall–Kier alpha value is -4.91. The van der Waals surface area contributed by atoms with Gasteiger partial charge < -0.3 is 9.64 Å². The fourth-order valence-electron chi connectivity index (χ4n) is 4.76. The van der Waals surface area contributed by atoms with E-state index >= 15 is 0 Å². The highest BCUT2D eigenvalue weighted by atomic mass is 16.5. The fraction of sp³-hybridized carbons (Fsp3) is 0.182. The van der Waals surface area contributed by atoms with Crippen LogP contribution in [0.3, 0.4) is 0 Å². The number of ether oxygens (including phenoxy) is 1. The molecular weight excluding hydrogens is 502 g/mol. The predicted molar refractivity (Wildman–Crippen MR) is 155 cm³/mol. The van der Waals surface area contributed by atoms with Gasteiger partial charge in [-0.05, 0) is 55.2 Å². The Morgan fingerprint density at radius 1 is 0.825 bits per heavy atom. The van der Waals surface area contributed by atoms with E-state index in [2.05, 4.69) is 5.10 Å². The lowest BCUT2D eigenvalue weighted by Gasteiger charge is -2.27. The Morgan fingerprint density at radius 3 is 2.02 bits per heavy atom. The molecule has 1 amide bonds. The highest BCUT2D eigenvalue weighted by molar-refractivity contribution is 6.03. The molecule has 7 heteroatoms. The number of carbonyl (C=O) groups excluding carboxylic acids is 2. The molecule has 0 radical (unpaired) electrons. The van der Waals surface area contributed by atoms with Crippen molar-refractivity contribution in [2.75, 3.05) is 0 Å². The van der Waals surface area contributed by atoms with E-state index in [1.54, 1.807) is 23.1 Å². The summed E-state index contributed by atoms with van der Waals surface area (Å²) in [5, 5.41) is 3.15. The molecule has 202 valence electrons. The van der Waals surface area contributed by atoms with E-state index in [4.69, 9.17) is 4.74 Å². The van der Waals surface area contributed by atoms with Crippen LogP contribution in [0, 0.1) is 6.92 Å². The van der Waals surface area contributed by atoms with E-state index in [-0.39, 0.29) is 22.5 Å². The Balaban J connectivity index is 1.50. The van der Waals surface area contributed by atoms with Gasteiger partial charge in [0, 0.05) is 12.6 Å².